The number of hydrogen-bond acceptors (Lipinski definition) is 9. The number of halogens is 3. The summed E-state index contributed by atoms with van der Waals surface area (Å²) >= 11 is 6.22. The number of aromatic nitrogens is 4. The zero-order chi connectivity index (χ0) is 25.7. The number of nitrogens with two attached hydrogens (primary N) is 2. The Bertz CT molecular complexity index is 1640. The first-order valence-corrected chi connectivity index (χ1v) is 12.2. The van der Waals surface area contributed by atoms with Crippen molar-refractivity contribution in [3.8, 4) is 5.69 Å². The van der Waals surface area contributed by atoms with Crippen molar-refractivity contribution in [2.24, 2.45) is 0 Å². The van der Waals surface area contributed by atoms with Crippen LogP contribution in [-0.2, 0) is 9.84 Å². The van der Waals surface area contributed by atoms with E-state index in [4.69, 9.17) is 23.1 Å². The number of nitrogen functional groups attached to an aromatic ring is 2. The van der Waals surface area contributed by atoms with E-state index in [0.29, 0.717) is 6.07 Å². The van der Waals surface area contributed by atoms with E-state index < -0.39 is 38.0 Å². The van der Waals surface area contributed by atoms with Gasteiger partial charge in [0.15, 0.2) is 20.6 Å². The van der Waals surface area contributed by atoms with Crippen LogP contribution in [0.25, 0.3) is 16.6 Å². The van der Waals surface area contributed by atoms with Crippen LogP contribution in [0.1, 0.15) is 18.8 Å². The van der Waals surface area contributed by atoms with Crippen molar-refractivity contribution in [1.29, 1.82) is 0 Å². The van der Waals surface area contributed by atoms with E-state index in [9.17, 15) is 22.0 Å². The highest BCUT2D eigenvalue weighted by molar-refractivity contribution is 7.91. The summed E-state index contributed by atoms with van der Waals surface area (Å²) in [7, 11) is -3.90. The first-order valence-electron chi connectivity index (χ1n) is 9.94. The van der Waals surface area contributed by atoms with Crippen molar-refractivity contribution in [2.45, 2.75) is 17.9 Å². The largest absolute Gasteiger partial charge is 0.382 e. The topological polar surface area (TPSA) is 159 Å². The predicted octanol–water partition coefficient (Wildman–Crippen LogP) is 2.85. The van der Waals surface area contributed by atoms with Crippen LogP contribution in [-0.4, -0.2) is 34.2 Å². The highest BCUT2D eigenvalue weighted by Crippen LogP contribution is 2.30. The smallest absolute Gasteiger partial charge is 0.267 e. The number of anilines is 3. The minimum atomic E-state index is -3.90. The number of benzene rings is 2. The zero-order valence-corrected chi connectivity index (χ0v) is 19.8. The molecule has 2 heterocycles. The van der Waals surface area contributed by atoms with E-state index in [1.54, 1.807) is 6.07 Å². The van der Waals surface area contributed by atoms with Gasteiger partial charge in [-0.2, -0.15) is 9.97 Å². The van der Waals surface area contributed by atoms with Gasteiger partial charge in [0.25, 0.3) is 5.56 Å². The van der Waals surface area contributed by atoms with Crippen LogP contribution in [0.15, 0.2) is 46.1 Å². The van der Waals surface area contributed by atoms with Gasteiger partial charge in [0, 0.05) is 12.3 Å². The van der Waals surface area contributed by atoms with Gasteiger partial charge in [-0.3, -0.25) is 9.36 Å². The molecule has 0 aliphatic heterocycles. The average Bonchev–Trinajstić information content (AvgIpc) is 2.71. The summed E-state index contributed by atoms with van der Waals surface area (Å²) in [6.45, 7) is 1.53. The Kier molecular flexibility index (Phi) is 6.07. The van der Waals surface area contributed by atoms with Gasteiger partial charge in [-0.1, -0.05) is 17.7 Å². The van der Waals surface area contributed by atoms with E-state index in [0.717, 1.165) is 23.0 Å². The Balaban J connectivity index is 1.99. The second-order valence-corrected chi connectivity index (χ2v) is 10.0. The molecule has 2 aromatic carbocycles. The van der Waals surface area contributed by atoms with Gasteiger partial charge >= 0.3 is 0 Å². The highest BCUT2D eigenvalue weighted by Gasteiger charge is 2.25. The van der Waals surface area contributed by atoms with E-state index in [1.807, 2.05) is 0 Å². The first kappa shape index (κ1) is 24.3. The summed E-state index contributed by atoms with van der Waals surface area (Å²) in [5, 5.41) is 2.95. The molecule has 182 valence electrons. The third-order valence-electron chi connectivity index (χ3n) is 5.00. The molecule has 0 fully saturated rings. The minimum absolute atomic E-state index is 0.0232. The molecular formula is C21H18ClF2N7O3S. The molecule has 0 saturated heterocycles. The van der Waals surface area contributed by atoms with Crippen molar-refractivity contribution in [2.75, 3.05) is 23.0 Å². The van der Waals surface area contributed by atoms with Crippen LogP contribution in [0.4, 0.5) is 26.4 Å². The summed E-state index contributed by atoms with van der Waals surface area (Å²) in [4.78, 5) is 25.2. The van der Waals surface area contributed by atoms with Gasteiger partial charge in [0.2, 0.25) is 5.95 Å². The lowest BCUT2D eigenvalue weighted by Crippen LogP contribution is -2.28. The fourth-order valence-corrected chi connectivity index (χ4v) is 4.77. The molecule has 0 aliphatic carbocycles. The van der Waals surface area contributed by atoms with Crippen LogP contribution in [0.2, 0.25) is 5.02 Å². The van der Waals surface area contributed by atoms with Gasteiger partial charge < -0.3 is 16.8 Å². The molecule has 0 radical (unpaired) electrons. The van der Waals surface area contributed by atoms with Crippen molar-refractivity contribution < 1.29 is 17.2 Å². The number of fused-ring (bicyclic) bond motifs is 1. The third-order valence-corrected chi connectivity index (χ3v) is 6.46. The van der Waals surface area contributed by atoms with Crippen molar-refractivity contribution in [3.05, 3.63) is 69.2 Å². The maximum absolute atomic E-state index is 14.1. The Morgan fingerprint density at radius 2 is 1.74 bits per heavy atom. The second kappa shape index (κ2) is 8.74. The van der Waals surface area contributed by atoms with E-state index in [2.05, 4.69) is 20.3 Å². The van der Waals surface area contributed by atoms with Gasteiger partial charge in [-0.05, 0) is 31.2 Å². The Labute approximate surface area is 202 Å². The molecule has 14 heteroatoms. The molecule has 0 saturated carbocycles. The highest BCUT2D eigenvalue weighted by atomic mass is 35.5. The van der Waals surface area contributed by atoms with Crippen LogP contribution >= 0.6 is 11.6 Å². The number of hydrogen-bond donors (Lipinski definition) is 3. The molecule has 0 aliphatic rings. The fourth-order valence-electron chi connectivity index (χ4n) is 3.63. The maximum atomic E-state index is 14.1. The number of nitrogens with zero attached hydrogens (tertiary/aromatic N) is 4. The van der Waals surface area contributed by atoms with Gasteiger partial charge in [-0.25, -0.2) is 22.2 Å². The van der Waals surface area contributed by atoms with E-state index >= 15 is 0 Å². The molecule has 35 heavy (non-hydrogen) atoms. The molecule has 0 amide bonds. The van der Waals surface area contributed by atoms with Crippen LogP contribution in [0.3, 0.4) is 0 Å². The van der Waals surface area contributed by atoms with E-state index in [-0.39, 0.29) is 45.0 Å². The monoisotopic (exact) mass is 521 g/mol. The first-order chi connectivity index (χ1) is 16.4. The lowest BCUT2D eigenvalue weighted by atomic mass is 10.2. The molecule has 0 bridgehead atoms. The molecule has 4 rings (SSSR count). The van der Waals surface area contributed by atoms with Crippen molar-refractivity contribution in [3.63, 3.8) is 0 Å². The number of nitrogens with one attached hydrogen (secondary N) is 1. The van der Waals surface area contributed by atoms with Gasteiger partial charge in [0.1, 0.15) is 23.3 Å². The van der Waals surface area contributed by atoms with Crippen molar-refractivity contribution >= 4 is 49.9 Å². The van der Waals surface area contributed by atoms with E-state index in [1.165, 1.54) is 19.1 Å². The lowest BCUT2D eigenvalue weighted by Gasteiger charge is -2.21. The van der Waals surface area contributed by atoms with Crippen molar-refractivity contribution in [1.82, 2.24) is 19.5 Å². The quantitative estimate of drug-likeness (QED) is 0.359. The van der Waals surface area contributed by atoms with Crippen LogP contribution in [0, 0.1) is 11.6 Å². The van der Waals surface area contributed by atoms with Gasteiger partial charge in [0.05, 0.1) is 27.7 Å². The molecule has 0 unspecified atom stereocenters. The molecule has 2 aromatic heterocycles. The molecule has 4 aromatic rings. The summed E-state index contributed by atoms with van der Waals surface area (Å²) in [6, 6.07) is 6.21. The third kappa shape index (κ3) is 4.59. The fraction of sp³-hybridized carbons (Fsp3) is 0.143. The van der Waals surface area contributed by atoms with Crippen LogP contribution in [0.5, 0.6) is 0 Å². The molecular weight excluding hydrogens is 504 g/mol. The predicted molar refractivity (Wildman–Crippen MR) is 128 cm³/mol. The normalized spacial score (nSPS) is 12.6. The minimum Gasteiger partial charge on any atom is -0.382 e. The lowest BCUT2D eigenvalue weighted by molar-refractivity contribution is 0.579. The van der Waals surface area contributed by atoms with Gasteiger partial charge in [-0.15, -0.1) is 0 Å². The maximum Gasteiger partial charge on any atom is 0.267 e. The SMILES string of the molecule is C[C@H](Nc1nc(N)nc(N)c1S(C)(=O)=O)c1nc2cccc(Cl)c2c(=O)n1-c1cc(F)cc(F)c1. The molecule has 1 atom stereocenters. The molecule has 10 nitrogen and oxygen atoms in total. The summed E-state index contributed by atoms with van der Waals surface area (Å²) in [5.74, 6) is -2.78. The molecule has 5 N–H and O–H groups in total. The second-order valence-electron chi connectivity index (χ2n) is 7.66. The average molecular weight is 522 g/mol. The Morgan fingerprint density at radius 1 is 1.09 bits per heavy atom. The zero-order valence-electron chi connectivity index (χ0n) is 18.3. The summed E-state index contributed by atoms with van der Waals surface area (Å²) in [6.07, 6.45) is 0.913. The Morgan fingerprint density at radius 3 is 2.37 bits per heavy atom. The Hall–Kier alpha value is -3.84. The number of rotatable bonds is 5. The number of sulfone groups is 1. The summed E-state index contributed by atoms with van der Waals surface area (Å²) in [5.41, 5.74) is 10.8. The standard InChI is InChI=1S/C21H18ClF2N7O3S/c1-9(27-18-16(35(2,33)34)17(25)29-21(26)30-18)19-28-14-5-3-4-13(22)15(14)20(32)31(19)12-7-10(23)6-11(24)8-12/h3-9H,1-2H3,(H5,25,26,27,29,30)/t9-/m0/s1. The molecule has 0 spiro atoms. The van der Waals surface area contributed by atoms with Crippen LogP contribution < -0.4 is 22.3 Å². The summed E-state index contributed by atoms with van der Waals surface area (Å²) < 4.78 is 53.8.